The molecule has 0 radical (unpaired) electrons. The zero-order chi connectivity index (χ0) is 17.8. The summed E-state index contributed by atoms with van der Waals surface area (Å²) >= 11 is 0. The minimum absolute atomic E-state index is 0.0184. The van der Waals surface area contributed by atoms with Crippen LogP contribution in [0.25, 0.3) is 0 Å². The van der Waals surface area contributed by atoms with Crippen molar-refractivity contribution in [1.82, 2.24) is 4.72 Å². The van der Waals surface area contributed by atoms with Crippen LogP contribution < -0.4 is 4.72 Å². The van der Waals surface area contributed by atoms with Crippen molar-refractivity contribution in [3.8, 4) is 0 Å². The molecular formula is C19H25NO3S. The lowest BCUT2D eigenvalue weighted by atomic mass is 9.97. The summed E-state index contributed by atoms with van der Waals surface area (Å²) in [5, 5.41) is 10.5. The number of hydrogen-bond acceptors (Lipinski definition) is 3. The summed E-state index contributed by atoms with van der Waals surface area (Å²) in [5.41, 5.74) is 1.73. The molecule has 5 heteroatoms. The highest BCUT2D eigenvalue weighted by atomic mass is 32.2. The van der Waals surface area contributed by atoms with E-state index in [0.717, 1.165) is 11.1 Å². The molecule has 0 aromatic heterocycles. The van der Waals surface area contributed by atoms with Gasteiger partial charge in [-0.25, -0.2) is 13.1 Å². The predicted octanol–water partition coefficient (Wildman–Crippen LogP) is 2.97. The molecule has 0 spiro atoms. The van der Waals surface area contributed by atoms with Crippen LogP contribution in [0, 0.1) is 13.8 Å². The summed E-state index contributed by atoms with van der Waals surface area (Å²) in [6.45, 7) is 5.33. The Morgan fingerprint density at radius 2 is 1.75 bits per heavy atom. The topological polar surface area (TPSA) is 66.4 Å². The fraction of sp³-hybridized carbons (Fsp3) is 0.368. The first-order valence-electron chi connectivity index (χ1n) is 8.03. The van der Waals surface area contributed by atoms with Crippen LogP contribution in [0.3, 0.4) is 0 Å². The molecule has 0 amide bonds. The number of nitrogens with one attached hydrogen (secondary N) is 1. The Kier molecular flexibility index (Phi) is 5.80. The van der Waals surface area contributed by atoms with Crippen LogP contribution >= 0.6 is 0 Å². The summed E-state index contributed by atoms with van der Waals surface area (Å²) in [5.74, 6) is 0. The second kappa shape index (κ2) is 7.47. The van der Waals surface area contributed by atoms with Gasteiger partial charge >= 0.3 is 0 Å². The van der Waals surface area contributed by atoms with E-state index in [0.29, 0.717) is 18.4 Å². The van der Waals surface area contributed by atoms with E-state index < -0.39 is 15.6 Å². The van der Waals surface area contributed by atoms with E-state index in [4.69, 9.17) is 0 Å². The molecular weight excluding hydrogens is 322 g/mol. The molecule has 1 unspecified atom stereocenters. The van der Waals surface area contributed by atoms with Gasteiger partial charge in [0.1, 0.15) is 0 Å². The highest BCUT2D eigenvalue weighted by Gasteiger charge is 2.25. The van der Waals surface area contributed by atoms with E-state index in [9.17, 15) is 13.5 Å². The summed E-state index contributed by atoms with van der Waals surface area (Å²) in [6.07, 6.45) is 1.17. The minimum atomic E-state index is -3.63. The Morgan fingerprint density at radius 1 is 1.08 bits per heavy atom. The first-order chi connectivity index (χ1) is 11.2. The Labute approximate surface area is 144 Å². The van der Waals surface area contributed by atoms with Crippen molar-refractivity contribution in [1.29, 1.82) is 0 Å². The van der Waals surface area contributed by atoms with Crippen molar-refractivity contribution in [2.75, 3.05) is 6.54 Å². The third-order valence-electron chi connectivity index (χ3n) is 4.06. The van der Waals surface area contributed by atoms with Crippen molar-refractivity contribution in [3.63, 3.8) is 0 Å². The van der Waals surface area contributed by atoms with Gasteiger partial charge < -0.3 is 5.11 Å². The fourth-order valence-electron chi connectivity index (χ4n) is 2.58. The average molecular weight is 347 g/mol. The van der Waals surface area contributed by atoms with Gasteiger partial charge in [0.25, 0.3) is 0 Å². The zero-order valence-corrected chi connectivity index (χ0v) is 15.2. The van der Waals surface area contributed by atoms with Gasteiger partial charge in [-0.05, 0) is 50.8 Å². The summed E-state index contributed by atoms with van der Waals surface area (Å²) in [7, 11) is -3.63. The standard InChI is InChI=1S/C19H25NO3S/c1-15-9-10-18(16(2)13-15)24(22,23)20-14-19(3,21)12-11-17-7-5-4-6-8-17/h4-10,13,20-21H,11-12,14H2,1-3H3. The lowest BCUT2D eigenvalue weighted by Crippen LogP contribution is -2.41. The van der Waals surface area contributed by atoms with E-state index in [1.165, 1.54) is 0 Å². The van der Waals surface area contributed by atoms with Gasteiger partial charge in [-0.2, -0.15) is 0 Å². The normalized spacial score (nSPS) is 14.3. The molecule has 0 saturated carbocycles. The second-order valence-corrected chi connectivity index (χ2v) is 8.31. The first-order valence-corrected chi connectivity index (χ1v) is 9.51. The molecule has 0 saturated heterocycles. The highest BCUT2D eigenvalue weighted by Crippen LogP contribution is 2.18. The minimum Gasteiger partial charge on any atom is -0.389 e. The second-order valence-electron chi connectivity index (χ2n) is 6.58. The van der Waals surface area contributed by atoms with Crippen molar-refractivity contribution in [2.45, 2.75) is 44.1 Å². The van der Waals surface area contributed by atoms with Gasteiger partial charge in [0.05, 0.1) is 10.5 Å². The molecule has 0 aliphatic carbocycles. The maximum atomic E-state index is 12.5. The molecule has 0 fully saturated rings. The predicted molar refractivity (Wildman–Crippen MR) is 96.5 cm³/mol. The Morgan fingerprint density at radius 3 is 2.38 bits per heavy atom. The number of aryl methyl sites for hydroxylation is 3. The molecule has 2 aromatic rings. The summed E-state index contributed by atoms with van der Waals surface area (Å²) < 4.78 is 27.5. The molecule has 24 heavy (non-hydrogen) atoms. The van der Waals surface area contributed by atoms with Crippen LogP contribution in [0.2, 0.25) is 0 Å². The third kappa shape index (κ3) is 5.16. The molecule has 2 N–H and O–H groups in total. The smallest absolute Gasteiger partial charge is 0.240 e. The average Bonchev–Trinajstić information content (AvgIpc) is 2.52. The van der Waals surface area contributed by atoms with Crippen molar-refractivity contribution < 1.29 is 13.5 Å². The number of rotatable bonds is 7. The van der Waals surface area contributed by atoms with Crippen LogP contribution in [0.1, 0.15) is 30.0 Å². The lowest BCUT2D eigenvalue weighted by Gasteiger charge is -2.24. The maximum absolute atomic E-state index is 12.5. The van der Waals surface area contributed by atoms with E-state index in [2.05, 4.69) is 4.72 Å². The van der Waals surface area contributed by atoms with Gasteiger partial charge in [0.15, 0.2) is 0 Å². The molecule has 0 bridgehead atoms. The quantitative estimate of drug-likeness (QED) is 0.809. The molecule has 2 aromatic carbocycles. The largest absolute Gasteiger partial charge is 0.389 e. The lowest BCUT2D eigenvalue weighted by molar-refractivity contribution is 0.0565. The number of aliphatic hydroxyl groups is 1. The van der Waals surface area contributed by atoms with Gasteiger partial charge in [0, 0.05) is 6.54 Å². The van der Waals surface area contributed by atoms with E-state index in [1.54, 1.807) is 26.0 Å². The Hall–Kier alpha value is -1.69. The van der Waals surface area contributed by atoms with Gasteiger partial charge in [-0.3, -0.25) is 0 Å². The number of benzene rings is 2. The first kappa shape index (κ1) is 18.6. The van der Waals surface area contributed by atoms with E-state index in [1.807, 2.05) is 43.3 Å². The fourth-order valence-corrected chi connectivity index (χ4v) is 3.96. The molecule has 0 aliphatic heterocycles. The Balaban J connectivity index is 1.99. The van der Waals surface area contributed by atoms with Crippen LogP contribution in [0.5, 0.6) is 0 Å². The van der Waals surface area contributed by atoms with Crippen molar-refractivity contribution in [2.24, 2.45) is 0 Å². The van der Waals surface area contributed by atoms with E-state index in [-0.39, 0.29) is 11.4 Å². The molecule has 4 nitrogen and oxygen atoms in total. The third-order valence-corrected chi connectivity index (χ3v) is 5.62. The molecule has 2 rings (SSSR count). The monoisotopic (exact) mass is 347 g/mol. The number of hydrogen-bond donors (Lipinski definition) is 2. The molecule has 1 atom stereocenters. The summed E-state index contributed by atoms with van der Waals surface area (Å²) in [4.78, 5) is 0.256. The van der Waals surface area contributed by atoms with Crippen molar-refractivity contribution in [3.05, 3.63) is 65.2 Å². The number of sulfonamides is 1. The van der Waals surface area contributed by atoms with Gasteiger partial charge in [-0.15, -0.1) is 0 Å². The van der Waals surface area contributed by atoms with Crippen LogP contribution in [-0.2, 0) is 16.4 Å². The molecule has 130 valence electrons. The van der Waals surface area contributed by atoms with E-state index >= 15 is 0 Å². The van der Waals surface area contributed by atoms with Crippen molar-refractivity contribution >= 4 is 10.0 Å². The molecule has 0 heterocycles. The van der Waals surface area contributed by atoms with Crippen LogP contribution in [0.15, 0.2) is 53.4 Å². The zero-order valence-electron chi connectivity index (χ0n) is 14.4. The van der Waals surface area contributed by atoms with Crippen LogP contribution in [0.4, 0.5) is 0 Å². The highest BCUT2D eigenvalue weighted by molar-refractivity contribution is 7.89. The van der Waals surface area contributed by atoms with Gasteiger partial charge in [0.2, 0.25) is 10.0 Å². The molecule has 0 aliphatic rings. The van der Waals surface area contributed by atoms with Gasteiger partial charge in [-0.1, -0.05) is 48.0 Å². The summed E-state index contributed by atoms with van der Waals surface area (Å²) in [6, 6.07) is 15.0. The van der Waals surface area contributed by atoms with Crippen LogP contribution in [-0.4, -0.2) is 25.7 Å². The maximum Gasteiger partial charge on any atom is 0.240 e. The SMILES string of the molecule is Cc1ccc(S(=O)(=O)NCC(C)(O)CCc2ccccc2)c(C)c1. The Bertz CT molecular complexity index is 784.